The summed E-state index contributed by atoms with van der Waals surface area (Å²) in [5, 5.41) is 9.32. The van der Waals surface area contributed by atoms with Gasteiger partial charge in [-0.3, -0.25) is 0 Å². The van der Waals surface area contributed by atoms with Gasteiger partial charge in [-0.05, 0) is 63.6 Å². The van der Waals surface area contributed by atoms with Crippen LogP contribution in [0.4, 0.5) is 9.59 Å². The van der Waals surface area contributed by atoms with Gasteiger partial charge in [-0.15, -0.1) is 0 Å². The largest absolute Gasteiger partial charge is 0.449 e. The molecule has 12 heteroatoms. The molecule has 1 unspecified atom stereocenters. The highest BCUT2D eigenvalue weighted by atomic mass is 33.1. The van der Waals surface area contributed by atoms with E-state index in [2.05, 4.69) is 48.4 Å². The molecule has 0 radical (unpaired) electrons. The first-order valence-corrected chi connectivity index (χ1v) is 22.2. The molecule has 0 aliphatic carbocycles. The van der Waals surface area contributed by atoms with Crippen molar-refractivity contribution in [3.05, 3.63) is 0 Å². The third-order valence-electron chi connectivity index (χ3n) is 7.01. The maximum absolute atomic E-state index is 11.5. The van der Waals surface area contributed by atoms with Crippen LogP contribution in [0, 0.1) is 11.8 Å². The fraction of sp³-hybridized carbons (Fsp3) is 0.938. The molecule has 0 spiro atoms. The Bertz CT molecular complexity index is 621. The minimum Gasteiger partial charge on any atom is -0.449 e. The van der Waals surface area contributed by atoms with E-state index < -0.39 is 6.09 Å². The highest BCUT2D eigenvalue weighted by molar-refractivity contribution is 8.77. The van der Waals surface area contributed by atoms with E-state index in [1.807, 2.05) is 46.2 Å². The molecule has 0 aromatic rings. The Morgan fingerprint density at radius 1 is 0.818 bits per heavy atom. The summed E-state index contributed by atoms with van der Waals surface area (Å²) in [6.07, 6.45) is 13.2. The smallest absolute Gasteiger partial charge is 0.407 e. The number of rotatable bonds is 21. The van der Waals surface area contributed by atoms with E-state index in [0.29, 0.717) is 13.2 Å². The summed E-state index contributed by atoms with van der Waals surface area (Å²) in [7, 11) is 7.36. The second kappa shape index (κ2) is 37.3. The normalized spacial score (nSPS) is 16.6. The van der Waals surface area contributed by atoms with Crippen molar-refractivity contribution in [3.63, 3.8) is 0 Å². The Morgan fingerprint density at radius 2 is 1.34 bits per heavy atom. The molecule has 0 bridgehead atoms. The molecule has 2 heterocycles. The minimum atomic E-state index is -0.681. The van der Waals surface area contributed by atoms with Gasteiger partial charge in [0.05, 0.1) is 0 Å². The summed E-state index contributed by atoms with van der Waals surface area (Å²) in [5.74, 6) is 5.75. The minimum absolute atomic E-state index is 0. The molecule has 0 saturated carbocycles. The third-order valence-corrected chi connectivity index (χ3v) is 12.0. The van der Waals surface area contributed by atoms with E-state index in [9.17, 15) is 9.59 Å². The zero-order chi connectivity index (χ0) is 33.1. The van der Waals surface area contributed by atoms with Crippen LogP contribution in [0.25, 0.3) is 0 Å². The quantitative estimate of drug-likeness (QED) is 0.0681. The van der Waals surface area contributed by atoms with Crippen LogP contribution in [0.1, 0.15) is 115 Å². The molecule has 3 atom stereocenters. The van der Waals surface area contributed by atoms with Crippen molar-refractivity contribution in [3.8, 4) is 0 Å². The van der Waals surface area contributed by atoms with Gasteiger partial charge in [0.2, 0.25) is 0 Å². The fourth-order valence-corrected chi connectivity index (χ4v) is 8.93. The van der Waals surface area contributed by atoms with Gasteiger partial charge in [0.1, 0.15) is 13.2 Å². The Kier molecular flexibility index (Phi) is 39.0. The lowest BCUT2D eigenvalue weighted by atomic mass is 10.0. The van der Waals surface area contributed by atoms with Crippen molar-refractivity contribution in [1.82, 2.24) is 16.0 Å². The summed E-state index contributed by atoms with van der Waals surface area (Å²) >= 11 is 0. The van der Waals surface area contributed by atoms with Crippen molar-refractivity contribution in [1.29, 1.82) is 0 Å². The predicted molar refractivity (Wildman–Crippen MR) is 205 cm³/mol. The number of nitrogens with one attached hydrogen (secondary N) is 3. The molecule has 2 aliphatic heterocycles. The van der Waals surface area contributed by atoms with Crippen LogP contribution < -0.4 is 21.7 Å². The average Bonchev–Trinajstić information content (AvgIpc) is 3.79. The first kappa shape index (κ1) is 46.0. The summed E-state index contributed by atoms with van der Waals surface area (Å²) < 4.78 is 9.84. The average molecular weight is 705 g/mol. The molecule has 268 valence electrons. The highest BCUT2D eigenvalue weighted by Crippen LogP contribution is 2.28. The molecule has 0 aromatic carbocycles. The molecular formula is C32H72N4O4S4. The summed E-state index contributed by atoms with van der Waals surface area (Å²) in [6.45, 7) is 18.3. The van der Waals surface area contributed by atoms with E-state index in [4.69, 9.17) is 10.5 Å². The Labute approximate surface area is 290 Å². The van der Waals surface area contributed by atoms with Crippen molar-refractivity contribution in [2.75, 3.05) is 62.4 Å². The van der Waals surface area contributed by atoms with E-state index in [1.165, 1.54) is 88.8 Å². The SMILES string of the molecule is C1CCNC1.CC.CCCCC(CC)CSSCCOC(N)=O.CCCC[C@@H](CC)CSSCCOC(=O)N[C@H]1CCNC1.[HH].[HH]. The van der Waals surface area contributed by atoms with Gasteiger partial charge in [0, 0.05) is 38.5 Å². The van der Waals surface area contributed by atoms with Crippen molar-refractivity contribution in [2.45, 2.75) is 118 Å². The van der Waals surface area contributed by atoms with Gasteiger partial charge < -0.3 is 31.2 Å². The van der Waals surface area contributed by atoms with Crippen LogP contribution in [0.3, 0.4) is 0 Å². The van der Waals surface area contributed by atoms with Crippen LogP contribution in [0.2, 0.25) is 0 Å². The van der Waals surface area contributed by atoms with Crippen LogP contribution in [0.5, 0.6) is 0 Å². The van der Waals surface area contributed by atoms with Crippen molar-refractivity contribution >= 4 is 55.4 Å². The number of carbonyl (C=O) groups is 2. The van der Waals surface area contributed by atoms with Gasteiger partial charge in [-0.2, -0.15) is 0 Å². The molecule has 2 rings (SSSR count). The van der Waals surface area contributed by atoms with Crippen LogP contribution in [-0.2, 0) is 9.47 Å². The third kappa shape index (κ3) is 33.2. The molecule has 2 fully saturated rings. The second-order valence-corrected chi connectivity index (χ2v) is 15.9. The molecule has 5 N–H and O–H groups in total. The topological polar surface area (TPSA) is 115 Å². The van der Waals surface area contributed by atoms with E-state index in [0.717, 1.165) is 42.9 Å². The number of ether oxygens (including phenoxy) is 2. The Balaban J connectivity index is -0.000000312. The number of hydrogen-bond acceptors (Lipinski definition) is 10. The number of carbonyl (C=O) groups excluding carboxylic acids is 2. The van der Waals surface area contributed by atoms with E-state index in [-0.39, 0.29) is 15.0 Å². The number of amides is 2. The zero-order valence-electron chi connectivity index (χ0n) is 28.9. The monoisotopic (exact) mass is 704 g/mol. The number of nitrogens with two attached hydrogens (primary N) is 1. The maximum atomic E-state index is 11.5. The number of primary amides is 1. The number of hydrogen-bond donors (Lipinski definition) is 4. The van der Waals surface area contributed by atoms with Gasteiger partial charge in [0.15, 0.2) is 0 Å². The molecule has 2 amide bonds. The molecule has 8 nitrogen and oxygen atoms in total. The Morgan fingerprint density at radius 3 is 1.73 bits per heavy atom. The molecule has 0 aromatic heterocycles. The second-order valence-electron chi connectivity index (χ2n) is 10.6. The van der Waals surface area contributed by atoms with Gasteiger partial charge in [-0.25, -0.2) is 9.59 Å². The van der Waals surface area contributed by atoms with Crippen LogP contribution in [-0.4, -0.2) is 80.6 Å². The van der Waals surface area contributed by atoms with Crippen LogP contribution >= 0.6 is 43.2 Å². The molecule has 44 heavy (non-hydrogen) atoms. The first-order valence-electron chi connectivity index (χ1n) is 17.2. The Hall–Kier alpha value is -0.140. The number of alkyl carbamates (subject to hydrolysis) is 1. The zero-order valence-corrected chi connectivity index (χ0v) is 32.2. The van der Waals surface area contributed by atoms with E-state index in [1.54, 1.807) is 10.8 Å². The van der Waals surface area contributed by atoms with Crippen LogP contribution in [0.15, 0.2) is 0 Å². The predicted octanol–water partition coefficient (Wildman–Crippen LogP) is 9.24. The lowest BCUT2D eigenvalue weighted by Gasteiger charge is -2.13. The molecular weight excluding hydrogens is 633 g/mol. The standard InChI is InChI=1S/C15H30N2O2S2.C11H23NO2S2.C4H9N.C2H6.2H2/c1-3-5-6-13(4-2)12-21-20-10-9-19-15(18)17-14-7-8-16-11-14;1-3-5-6-10(4-2)9-16-15-8-7-14-11(12)13;1-2-4-5-3-1;1-2;;/h13-14,16H,3-12H2,1-2H3,(H,17,18);10H,3-9H2,1-2H3,(H2,12,13);5H,1-4H2;1-2H3;2*1H/t13-,14+;;;;;/m1...../s1. The van der Waals surface area contributed by atoms with Crippen molar-refractivity contribution in [2.24, 2.45) is 17.6 Å². The lowest BCUT2D eigenvalue weighted by molar-refractivity contribution is 0.150. The maximum Gasteiger partial charge on any atom is 0.407 e. The van der Waals surface area contributed by atoms with Gasteiger partial charge in [-0.1, -0.05) is 123 Å². The van der Waals surface area contributed by atoms with Gasteiger partial charge >= 0.3 is 12.2 Å². The lowest BCUT2D eigenvalue weighted by Crippen LogP contribution is -2.36. The summed E-state index contributed by atoms with van der Waals surface area (Å²) in [6, 6.07) is 0.239. The summed E-state index contributed by atoms with van der Waals surface area (Å²) in [5.41, 5.74) is 4.85. The molecule has 2 aliphatic rings. The van der Waals surface area contributed by atoms with E-state index >= 15 is 0 Å². The highest BCUT2D eigenvalue weighted by Gasteiger charge is 2.17. The van der Waals surface area contributed by atoms with Gasteiger partial charge in [0.25, 0.3) is 0 Å². The number of unbranched alkanes of at least 4 members (excludes halogenated alkanes) is 2. The first-order chi connectivity index (χ1) is 21.5. The molecule has 2 saturated heterocycles. The summed E-state index contributed by atoms with van der Waals surface area (Å²) in [4.78, 5) is 21.8. The fourth-order valence-electron chi connectivity index (χ4n) is 4.16. The van der Waals surface area contributed by atoms with Crippen molar-refractivity contribution < 1.29 is 21.9 Å².